The third-order valence-electron chi connectivity index (χ3n) is 4.76. The molecule has 0 aromatic heterocycles. The SMILES string of the molecule is COc1ccc(N2CCN(C(=O)COC(=O)Cc3ccc(Cl)c(Cl)c3)CC2)cc1. The molecule has 3 rings (SSSR count). The van der Waals surface area contributed by atoms with Gasteiger partial charge >= 0.3 is 5.97 Å². The molecule has 0 spiro atoms. The highest BCUT2D eigenvalue weighted by molar-refractivity contribution is 6.42. The number of hydrogen-bond donors (Lipinski definition) is 0. The lowest BCUT2D eigenvalue weighted by Crippen LogP contribution is -2.49. The molecule has 1 heterocycles. The molecule has 0 radical (unpaired) electrons. The van der Waals surface area contributed by atoms with Gasteiger partial charge in [0.2, 0.25) is 0 Å². The van der Waals surface area contributed by atoms with Crippen LogP contribution in [-0.2, 0) is 20.7 Å². The zero-order valence-corrected chi connectivity index (χ0v) is 17.6. The van der Waals surface area contributed by atoms with Crippen molar-refractivity contribution in [2.45, 2.75) is 6.42 Å². The molecule has 1 fully saturated rings. The third kappa shape index (κ3) is 5.78. The first-order valence-corrected chi connectivity index (χ1v) is 9.98. The van der Waals surface area contributed by atoms with Gasteiger partial charge in [0.25, 0.3) is 5.91 Å². The number of amides is 1. The van der Waals surface area contributed by atoms with Crippen molar-refractivity contribution in [1.29, 1.82) is 0 Å². The minimum Gasteiger partial charge on any atom is -0.497 e. The fourth-order valence-corrected chi connectivity index (χ4v) is 3.43. The van der Waals surface area contributed by atoms with Gasteiger partial charge in [-0.3, -0.25) is 9.59 Å². The number of hydrogen-bond acceptors (Lipinski definition) is 5. The lowest BCUT2D eigenvalue weighted by atomic mass is 10.1. The van der Waals surface area contributed by atoms with Crippen LogP contribution in [0.15, 0.2) is 42.5 Å². The van der Waals surface area contributed by atoms with Crippen molar-refractivity contribution in [3.8, 4) is 5.75 Å². The van der Waals surface area contributed by atoms with Crippen LogP contribution in [0, 0.1) is 0 Å². The van der Waals surface area contributed by atoms with E-state index in [9.17, 15) is 9.59 Å². The van der Waals surface area contributed by atoms with Gasteiger partial charge in [-0.05, 0) is 42.0 Å². The first-order chi connectivity index (χ1) is 14.0. The lowest BCUT2D eigenvalue weighted by Gasteiger charge is -2.36. The van der Waals surface area contributed by atoms with Crippen molar-refractivity contribution in [2.24, 2.45) is 0 Å². The van der Waals surface area contributed by atoms with Crippen LogP contribution in [0.4, 0.5) is 5.69 Å². The highest BCUT2D eigenvalue weighted by Crippen LogP contribution is 2.23. The van der Waals surface area contributed by atoms with E-state index in [1.807, 2.05) is 24.3 Å². The summed E-state index contributed by atoms with van der Waals surface area (Å²) in [6, 6.07) is 12.8. The number of esters is 1. The summed E-state index contributed by atoms with van der Waals surface area (Å²) in [5.74, 6) is 0.140. The number of halogens is 2. The van der Waals surface area contributed by atoms with E-state index < -0.39 is 5.97 Å². The van der Waals surface area contributed by atoms with Crippen LogP contribution >= 0.6 is 23.2 Å². The molecule has 8 heteroatoms. The van der Waals surface area contributed by atoms with Crippen LogP contribution in [0.5, 0.6) is 5.75 Å². The number of methoxy groups -OCH3 is 1. The standard InChI is InChI=1S/C21H22Cl2N2O4/c1-28-17-5-3-16(4-6-17)24-8-10-25(11-9-24)20(26)14-29-21(27)13-15-2-7-18(22)19(23)12-15/h2-7,12H,8-11,13-14H2,1H3. The molecule has 0 bridgehead atoms. The molecule has 2 aromatic rings. The van der Waals surface area contributed by atoms with Gasteiger partial charge < -0.3 is 19.3 Å². The van der Waals surface area contributed by atoms with E-state index in [0.29, 0.717) is 28.7 Å². The van der Waals surface area contributed by atoms with Gasteiger partial charge in [0.05, 0.1) is 23.6 Å². The highest BCUT2D eigenvalue weighted by Gasteiger charge is 2.22. The summed E-state index contributed by atoms with van der Waals surface area (Å²) in [4.78, 5) is 28.3. The van der Waals surface area contributed by atoms with Gasteiger partial charge in [-0.15, -0.1) is 0 Å². The Labute approximate surface area is 179 Å². The van der Waals surface area contributed by atoms with Crippen molar-refractivity contribution < 1.29 is 19.1 Å². The summed E-state index contributed by atoms with van der Waals surface area (Å²) in [5.41, 5.74) is 1.77. The van der Waals surface area contributed by atoms with Crippen molar-refractivity contribution in [2.75, 3.05) is 44.8 Å². The summed E-state index contributed by atoms with van der Waals surface area (Å²) in [6.45, 7) is 2.33. The van der Waals surface area contributed by atoms with Crippen LogP contribution in [0.25, 0.3) is 0 Å². The van der Waals surface area contributed by atoms with Crippen LogP contribution in [0.2, 0.25) is 10.0 Å². The molecule has 29 heavy (non-hydrogen) atoms. The second-order valence-electron chi connectivity index (χ2n) is 6.65. The molecule has 2 aromatic carbocycles. The highest BCUT2D eigenvalue weighted by atomic mass is 35.5. The van der Waals surface area contributed by atoms with Gasteiger partial charge in [0.15, 0.2) is 6.61 Å². The summed E-state index contributed by atoms with van der Waals surface area (Å²) in [5, 5.41) is 0.801. The molecular formula is C21H22Cl2N2O4. The van der Waals surface area contributed by atoms with E-state index in [-0.39, 0.29) is 18.9 Å². The third-order valence-corrected chi connectivity index (χ3v) is 5.50. The van der Waals surface area contributed by atoms with E-state index in [0.717, 1.165) is 24.5 Å². The van der Waals surface area contributed by atoms with Crippen molar-refractivity contribution in [1.82, 2.24) is 4.90 Å². The molecule has 0 N–H and O–H groups in total. The molecule has 1 aliphatic rings. The second kappa shape index (κ2) is 9.85. The van der Waals surface area contributed by atoms with E-state index in [1.165, 1.54) is 0 Å². The Balaban J connectivity index is 1.43. The van der Waals surface area contributed by atoms with Crippen LogP contribution < -0.4 is 9.64 Å². The minimum atomic E-state index is -0.478. The summed E-state index contributed by atoms with van der Waals surface area (Å²) in [6.07, 6.45) is 0.0371. The molecule has 0 unspecified atom stereocenters. The predicted octanol–water partition coefficient (Wildman–Crippen LogP) is 3.44. The molecule has 1 saturated heterocycles. The summed E-state index contributed by atoms with van der Waals surface area (Å²) >= 11 is 11.8. The number of anilines is 1. The van der Waals surface area contributed by atoms with Gasteiger partial charge in [-0.2, -0.15) is 0 Å². The Morgan fingerprint density at radius 1 is 0.966 bits per heavy atom. The number of rotatable bonds is 6. The van der Waals surface area contributed by atoms with Crippen molar-refractivity contribution >= 4 is 40.8 Å². The summed E-state index contributed by atoms with van der Waals surface area (Å²) < 4.78 is 10.3. The summed E-state index contributed by atoms with van der Waals surface area (Å²) in [7, 11) is 1.64. The van der Waals surface area contributed by atoms with Gasteiger partial charge in [-0.1, -0.05) is 29.3 Å². The predicted molar refractivity (Wildman–Crippen MR) is 113 cm³/mol. The Hall–Kier alpha value is -2.44. The maximum absolute atomic E-state index is 12.4. The monoisotopic (exact) mass is 436 g/mol. The van der Waals surface area contributed by atoms with Crippen LogP contribution in [0.3, 0.4) is 0 Å². The molecule has 0 saturated carbocycles. The molecule has 1 amide bonds. The van der Waals surface area contributed by atoms with Gasteiger partial charge in [0, 0.05) is 31.9 Å². The van der Waals surface area contributed by atoms with Gasteiger partial charge in [-0.25, -0.2) is 0 Å². The number of piperazine rings is 1. The topological polar surface area (TPSA) is 59.1 Å². The first kappa shape index (κ1) is 21.3. The smallest absolute Gasteiger partial charge is 0.310 e. The Kier molecular flexibility index (Phi) is 7.23. The molecule has 1 aliphatic heterocycles. The fraction of sp³-hybridized carbons (Fsp3) is 0.333. The van der Waals surface area contributed by atoms with E-state index in [1.54, 1.807) is 30.2 Å². The fourth-order valence-electron chi connectivity index (χ4n) is 3.11. The maximum atomic E-state index is 12.4. The van der Waals surface area contributed by atoms with Crippen molar-refractivity contribution in [3.05, 3.63) is 58.1 Å². The average molecular weight is 437 g/mol. The van der Waals surface area contributed by atoms with Crippen LogP contribution in [0.1, 0.15) is 5.56 Å². The second-order valence-corrected chi connectivity index (χ2v) is 7.47. The number of ether oxygens (including phenoxy) is 2. The van der Waals surface area contributed by atoms with Gasteiger partial charge in [0.1, 0.15) is 5.75 Å². The number of nitrogens with zero attached hydrogens (tertiary/aromatic N) is 2. The van der Waals surface area contributed by atoms with Crippen LogP contribution in [-0.4, -0.2) is 56.7 Å². The van der Waals surface area contributed by atoms with E-state index >= 15 is 0 Å². The largest absolute Gasteiger partial charge is 0.497 e. The van der Waals surface area contributed by atoms with Crippen molar-refractivity contribution in [3.63, 3.8) is 0 Å². The van der Waals surface area contributed by atoms with E-state index in [2.05, 4.69) is 4.90 Å². The number of carbonyl (C=O) groups excluding carboxylic acids is 2. The lowest BCUT2D eigenvalue weighted by molar-refractivity contribution is -0.151. The molecular weight excluding hydrogens is 415 g/mol. The molecule has 0 aliphatic carbocycles. The number of benzene rings is 2. The zero-order valence-electron chi connectivity index (χ0n) is 16.1. The molecule has 6 nitrogen and oxygen atoms in total. The Morgan fingerprint density at radius 2 is 1.66 bits per heavy atom. The first-order valence-electron chi connectivity index (χ1n) is 9.22. The number of carbonyl (C=O) groups is 2. The molecule has 0 atom stereocenters. The maximum Gasteiger partial charge on any atom is 0.310 e. The Bertz CT molecular complexity index is 865. The quantitative estimate of drug-likeness (QED) is 0.649. The normalized spacial score (nSPS) is 13.9. The van der Waals surface area contributed by atoms with E-state index in [4.69, 9.17) is 32.7 Å². The minimum absolute atomic E-state index is 0.0371. The average Bonchev–Trinajstić information content (AvgIpc) is 2.75. The Morgan fingerprint density at radius 3 is 2.28 bits per heavy atom. The zero-order chi connectivity index (χ0) is 20.8. The molecule has 154 valence electrons.